The number of anilines is 1. The minimum atomic E-state index is -0.306. The topological polar surface area (TPSA) is 70.1 Å². The Morgan fingerprint density at radius 3 is 2.50 bits per heavy atom. The van der Waals surface area contributed by atoms with Gasteiger partial charge in [0.25, 0.3) is 5.88 Å². The summed E-state index contributed by atoms with van der Waals surface area (Å²) >= 11 is 0. The van der Waals surface area contributed by atoms with Gasteiger partial charge in [0.05, 0.1) is 0 Å². The molecule has 0 saturated heterocycles. The summed E-state index contributed by atoms with van der Waals surface area (Å²) in [4.78, 5) is 16.3. The van der Waals surface area contributed by atoms with Crippen LogP contribution in [0.15, 0.2) is 41.5 Å². The molecule has 0 amide bonds. The lowest BCUT2D eigenvalue weighted by Crippen LogP contribution is -2.34. The molecular weight excluding hydrogens is 254 g/mol. The fourth-order valence-corrected chi connectivity index (χ4v) is 1.79. The molecule has 0 radical (unpaired) electrons. The molecule has 2 aromatic rings. The van der Waals surface area contributed by atoms with Crippen LogP contribution in [0.5, 0.6) is 5.88 Å². The van der Waals surface area contributed by atoms with Crippen LogP contribution in [0.3, 0.4) is 0 Å². The fourth-order valence-electron chi connectivity index (χ4n) is 1.79. The van der Waals surface area contributed by atoms with Crippen LogP contribution >= 0.6 is 0 Å². The zero-order valence-corrected chi connectivity index (χ0v) is 12.0. The number of hydrogen-bond acceptors (Lipinski definition) is 4. The van der Waals surface area contributed by atoms with Crippen LogP contribution in [0.25, 0.3) is 0 Å². The van der Waals surface area contributed by atoms with Crippen molar-refractivity contribution in [1.29, 1.82) is 0 Å². The van der Waals surface area contributed by atoms with Gasteiger partial charge in [-0.1, -0.05) is 12.1 Å². The van der Waals surface area contributed by atoms with Gasteiger partial charge in [0.1, 0.15) is 6.61 Å². The molecule has 5 nitrogen and oxygen atoms in total. The Morgan fingerprint density at radius 2 is 1.90 bits per heavy atom. The number of aromatic nitrogens is 2. The largest absolute Gasteiger partial charge is 0.469 e. The number of nitrogen functional groups attached to an aromatic ring is 1. The van der Waals surface area contributed by atoms with Crippen LogP contribution in [0.2, 0.25) is 0 Å². The summed E-state index contributed by atoms with van der Waals surface area (Å²) in [6, 6.07) is 7.32. The Hall–Kier alpha value is -2.30. The molecule has 0 bridgehead atoms. The van der Waals surface area contributed by atoms with Gasteiger partial charge in [0.15, 0.2) is 0 Å². The summed E-state index contributed by atoms with van der Waals surface area (Å²) in [6.07, 6.45) is 3.24. The van der Waals surface area contributed by atoms with Gasteiger partial charge in [0, 0.05) is 23.6 Å². The van der Waals surface area contributed by atoms with Gasteiger partial charge in [-0.25, -0.2) is 4.98 Å². The van der Waals surface area contributed by atoms with E-state index in [4.69, 9.17) is 10.5 Å². The van der Waals surface area contributed by atoms with Crippen LogP contribution in [0.4, 0.5) is 5.69 Å². The first kappa shape index (κ1) is 14.1. The first-order chi connectivity index (χ1) is 9.38. The van der Waals surface area contributed by atoms with Gasteiger partial charge in [-0.3, -0.25) is 4.79 Å². The summed E-state index contributed by atoms with van der Waals surface area (Å²) in [7, 11) is 0. The van der Waals surface area contributed by atoms with E-state index < -0.39 is 0 Å². The van der Waals surface area contributed by atoms with E-state index >= 15 is 0 Å². The molecule has 0 saturated carbocycles. The van der Waals surface area contributed by atoms with Crippen molar-refractivity contribution in [3.63, 3.8) is 0 Å². The van der Waals surface area contributed by atoms with E-state index in [0.717, 1.165) is 5.56 Å². The molecule has 106 valence electrons. The predicted molar refractivity (Wildman–Crippen MR) is 78.7 cm³/mol. The lowest BCUT2D eigenvalue weighted by molar-refractivity contribution is 0.277. The molecular formula is C15H19N3O2. The van der Waals surface area contributed by atoms with Crippen LogP contribution in [0, 0.1) is 0 Å². The Labute approximate surface area is 118 Å². The van der Waals surface area contributed by atoms with Crippen molar-refractivity contribution in [3.05, 3.63) is 52.6 Å². The molecule has 0 fully saturated rings. The van der Waals surface area contributed by atoms with Gasteiger partial charge < -0.3 is 15.0 Å². The van der Waals surface area contributed by atoms with E-state index in [1.165, 1.54) is 0 Å². The molecule has 20 heavy (non-hydrogen) atoms. The summed E-state index contributed by atoms with van der Waals surface area (Å²) < 4.78 is 7.12. The molecule has 1 heterocycles. The van der Waals surface area contributed by atoms with Crippen molar-refractivity contribution in [2.24, 2.45) is 0 Å². The monoisotopic (exact) mass is 273 g/mol. The SMILES string of the molecule is CC(C)(C)n1ccnc(OCc2ccc(N)cc2)c1=O. The highest BCUT2D eigenvalue weighted by molar-refractivity contribution is 5.39. The molecule has 2 rings (SSSR count). The van der Waals surface area contributed by atoms with Crippen molar-refractivity contribution in [2.75, 3.05) is 5.73 Å². The Morgan fingerprint density at radius 1 is 1.25 bits per heavy atom. The van der Waals surface area contributed by atoms with Gasteiger partial charge >= 0.3 is 5.56 Å². The Kier molecular flexibility index (Phi) is 3.79. The number of nitrogens with two attached hydrogens (primary N) is 1. The van der Waals surface area contributed by atoms with E-state index in [1.54, 1.807) is 29.1 Å². The van der Waals surface area contributed by atoms with Crippen molar-refractivity contribution in [3.8, 4) is 5.88 Å². The van der Waals surface area contributed by atoms with Crippen molar-refractivity contribution in [1.82, 2.24) is 9.55 Å². The maximum Gasteiger partial charge on any atom is 0.313 e. The molecule has 5 heteroatoms. The highest BCUT2D eigenvalue weighted by Gasteiger charge is 2.17. The molecule has 1 aromatic heterocycles. The molecule has 0 aliphatic heterocycles. The van der Waals surface area contributed by atoms with Crippen LogP contribution in [0.1, 0.15) is 26.3 Å². The highest BCUT2D eigenvalue weighted by atomic mass is 16.5. The van der Waals surface area contributed by atoms with E-state index in [2.05, 4.69) is 4.98 Å². The Balaban J connectivity index is 2.18. The molecule has 0 unspecified atom stereocenters. The lowest BCUT2D eigenvalue weighted by atomic mass is 10.1. The molecule has 0 spiro atoms. The number of ether oxygens (including phenoxy) is 1. The fraction of sp³-hybridized carbons (Fsp3) is 0.333. The highest BCUT2D eigenvalue weighted by Crippen LogP contribution is 2.12. The van der Waals surface area contributed by atoms with E-state index in [9.17, 15) is 4.79 Å². The van der Waals surface area contributed by atoms with Crippen molar-refractivity contribution < 1.29 is 4.74 Å². The van der Waals surface area contributed by atoms with Crippen molar-refractivity contribution in [2.45, 2.75) is 32.9 Å². The third-order valence-corrected chi connectivity index (χ3v) is 2.89. The molecule has 1 aromatic carbocycles. The summed E-state index contributed by atoms with van der Waals surface area (Å²) in [5.41, 5.74) is 6.72. The molecule has 0 aliphatic carbocycles. The maximum absolute atomic E-state index is 12.2. The molecule has 0 aliphatic rings. The molecule has 2 N–H and O–H groups in total. The predicted octanol–water partition coefficient (Wildman–Crippen LogP) is 2.16. The zero-order chi connectivity index (χ0) is 14.8. The van der Waals surface area contributed by atoms with E-state index in [1.807, 2.05) is 32.9 Å². The average molecular weight is 273 g/mol. The van der Waals surface area contributed by atoms with Crippen LogP contribution < -0.4 is 16.0 Å². The number of hydrogen-bond donors (Lipinski definition) is 1. The summed E-state index contributed by atoms with van der Waals surface area (Å²) in [5, 5.41) is 0. The normalized spacial score (nSPS) is 11.3. The van der Waals surface area contributed by atoms with Gasteiger partial charge in [0.2, 0.25) is 0 Å². The first-order valence-electron chi connectivity index (χ1n) is 6.43. The minimum absolute atomic E-state index is 0.110. The standard InChI is InChI=1S/C15H19N3O2/c1-15(2,3)18-9-8-17-13(14(18)19)20-10-11-4-6-12(16)7-5-11/h4-9H,10,16H2,1-3H3. The third kappa shape index (κ3) is 3.17. The number of rotatable bonds is 3. The summed E-state index contributed by atoms with van der Waals surface area (Å²) in [5.74, 6) is 0.110. The second-order valence-corrected chi connectivity index (χ2v) is 5.61. The quantitative estimate of drug-likeness (QED) is 0.870. The lowest BCUT2D eigenvalue weighted by Gasteiger charge is -2.22. The van der Waals surface area contributed by atoms with Crippen LogP contribution in [-0.4, -0.2) is 9.55 Å². The zero-order valence-electron chi connectivity index (χ0n) is 12.0. The molecule has 0 atom stereocenters. The average Bonchev–Trinajstić information content (AvgIpc) is 2.38. The number of nitrogens with zero attached hydrogens (tertiary/aromatic N) is 2. The van der Waals surface area contributed by atoms with Crippen LogP contribution in [-0.2, 0) is 12.1 Å². The minimum Gasteiger partial charge on any atom is -0.469 e. The van der Waals surface area contributed by atoms with E-state index in [0.29, 0.717) is 5.69 Å². The maximum atomic E-state index is 12.2. The summed E-state index contributed by atoms with van der Waals surface area (Å²) in [6.45, 7) is 6.16. The first-order valence-corrected chi connectivity index (χ1v) is 6.43. The number of benzene rings is 1. The second-order valence-electron chi connectivity index (χ2n) is 5.61. The van der Waals surface area contributed by atoms with Gasteiger partial charge in [-0.05, 0) is 38.5 Å². The van der Waals surface area contributed by atoms with Gasteiger partial charge in [-0.2, -0.15) is 0 Å². The van der Waals surface area contributed by atoms with Crippen molar-refractivity contribution >= 4 is 5.69 Å². The Bertz CT molecular complexity index is 639. The second kappa shape index (κ2) is 5.36. The van der Waals surface area contributed by atoms with Gasteiger partial charge in [-0.15, -0.1) is 0 Å². The van der Waals surface area contributed by atoms with E-state index in [-0.39, 0.29) is 23.6 Å². The smallest absolute Gasteiger partial charge is 0.313 e. The third-order valence-electron chi connectivity index (χ3n) is 2.89.